The third-order valence-corrected chi connectivity index (χ3v) is 4.83. The molecule has 0 saturated carbocycles. The van der Waals surface area contributed by atoms with Crippen LogP contribution < -0.4 is 5.32 Å². The van der Waals surface area contributed by atoms with Crippen molar-refractivity contribution in [3.05, 3.63) is 42.4 Å². The molecule has 0 aromatic carbocycles. The number of ether oxygens (including phenoxy) is 1. The summed E-state index contributed by atoms with van der Waals surface area (Å²) in [6, 6.07) is 7.73. The Hall–Kier alpha value is -2.80. The van der Waals surface area contributed by atoms with Gasteiger partial charge in [0.1, 0.15) is 0 Å². The summed E-state index contributed by atoms with van der Waals surface area (Å²) in [4.78, 5) is 21.3. The highest BCUT2D eigenvalue weighted by atomic mass is 16.5. The molecule has 1 amide bonds. The van der Waals surface area contributed by atoms with Gasteiger partial charge < -0.3 is 10.1 Å². The third kappa shape index (κ3) is 3.83. The largest absolute Gasteiger partial charge is 0.376 e. The molecule has 3 aromatic rings. The predicted octanol–water partition coefficient (Wildman–Crippen LogP) is 3.24. The molecule has 0 spiro atoms. The Morgan fingerprint density at radius 1 is 1.33 bits per heavy atom. The summed E-state index contributed by atoms with van der Waals surface area (Å²) < 4.78 is 7.38. The summed E-state index contributed by atoms with van der Waals surface area (Å²) in [5, 5.41) is 7.54. The zero-order valence-corrected chi connectivity index (χ0v) is 15.8. The predicted molar refractivity (Wildman–Crippen MR) is 102 cm³/mol. The van der Waals surface area contributed by atoms with Crippen LogP contribution in [-0.2, 0) is 9.53 Å². The van der Waals surface area contributed by atoms with E-state index in [1.165, 1.54) is 0 Å². The Bertz CT molecular complexity index is 995. The minimum Gasteiger partial charge on any atom is -0.376 e. The molecule has 1 aliphatic heterocycles. The molecule has 1 atom stereocenters. The van der Waals surface area contributed by atoms with Crippen LogP contribution in [0.1, 0.15) is 32.4 Å². The minimum atomic E-state index is -0.266. The molecule has 7 nitrogen and oxygen atoms in total. The van der Waals surface area contributed by atoms with E-state index in [1.54, 1.807) is 16.9 Å². The molecule has 0 bridgehead atoms. The van der Waals surface area contributed by atoms with Crippen molar-refractivity contribution in [2.75, 3.05) is 11.9 Å². The minimum absolute atomic E-state index is 0.0141. The summed E-state index contributed by atoms with van der Waals surface area (Å²) in [5.74, 6) is 0.432. The van der Waals surface area contributed by atoms with Crippen molar-refractivity contribution in [3.8, 4) is 11.3 Å². The van der Waals surface area contributed by atoms with E-state index >= 15 is 0 Å². The maximum Gasteiger partial charge on any atom is 0.228 e. The first-order chi connectivity index (χ1) is 12.9. The third-order valence-electron chi connectivity index (χ3n) is 4.83. The van der Waals surface area contributed by atoms with Crippen molar-refractivity contribution in [3.63, 3.8) is 0 Å². The molecule has 4 rings (SSSR count). The molecule has 1 fully saturated rings. The van der Waals surface area contributed by atoms with Gasteiger partial charge in [0.25, 0.3) is 0 Å². The normalized spacial score (nSPS) is 19.1. The summed E-state index contributed by atoms with van der Waals surface area (Å²) >= 11 is 0. The number of pyridine rings is 1. The quantitative estimate of drug-likeness (QED) is 0.770. The lowest BCUT2D eigenvalue weighted by atomic mass is 9.88. The van der Waals surface area contributed by atoms with Gasteiger partial charge >= 0.3 is 0 Å². The Labute approximate surface area is 157 Å². The van der Waals surface area contributed by atoms with Gasteiger partial charge in [0.15, 0.2) is 11.5 Å². The van der Waals surface area contributed by atoms with E-state index in [0.717, 1.165) is 23.4 Å². The van der Waals surface area contributed by atoms with Gasteiger partial charge in [0.2, 0.25) is 5.91 Å². The Kier molecular flexibility index (Phi) is 4.39. The molecule has 1 aliphatic rings. The zero-order chi connectivity index (χ0) is 19.0. The van der Waals surface area contributed by atoms with Crippen LogP contribution >= 0.6 is 0 Å². The number of aromatic nitrogens is 4. The highest BCUT2D eigenvalue weighted by Gasteiger charge is 2.33. The van der Waals surface area contributed by atoms with Gasteiger partial charge in [-0.2, -0.15) is 5.10 Å². The SMILES string of the molecule is Cc1cc(-c2ccc3nc(NC(=O)C4CCOC(C)(C)C4)cn3n2)ccn1. The van der Waals surface area contributed by atoms with Gasteiger partial charge in [-0.3, -0.25) is 9.78 Å². The lowest BCUT2D eigenvalue weighted by Gasteiger charge is -2.34. The summed E-state index contributed by atoms with van der Waals surface area (Å²) in [5.41, 5.74) is 3.18. The van der Waals surface area contributed by atoms with Crippen molar-refractivity contribution in [2.24, 2.45) is 5.92 Å². The van der Waals surface area contributed by atoms with Crippen LogP contribution in [0.4, 0.5) is 5.82 Å². The number of nitrogens with zero attached hydrogens (tertiary/aromatic N) is 4. The molecule has 140 valence electrons. The van der Waals surface area contributed by atoms with E-state index in [-0.39, 0.29) is 17.4 Å². The second kappa shape index (κ2) is 6.74. The number of hydrogen-bond donors (Lipinski definition) is 1. The van der Waals surface area contributed by atoms with Crippen molar-refractivity contribution in [1.29, 1.82) is 0 Å². The lowest BCUT2D eigenvalue weighted by molar-refractivity contribution is -0.130. The number of hydrogen-bond acceptors (Lipinski definition) is 5. The smallest absolute Gasteiger partial charge is 0.228 e. The van der Waals surface area contributed by atoms with Crippen molar-refractivity contribution < 1.29 is 9.53 Å². The molecule has 1 unspecified atom stereocenters. The van der Waals surface area contributed by atoms with Crippen molar-refractivity contribution in [2.45, 2.75) is 39.2 Å². The number of nitrogens with one attached hydrogen (secondary N) is 1. The first-order valence-corrected chi connectivity index (χ1v) is 9.14. The van der Waals surface area contributed by atoms with E-state index in [1.807, 2.05) is 45.0 Å². The molecule has 0 radical (unpaired) electrons. The Balaban J connectivity index is 1.54. The Morgan fingerprint density at radius 3 is 2.96 bits per heavy atom. The number of imidazole rings is 1. The lowest BCUT2D eigenvalue weighted by Crippen LogP contribution is -2.39. The van der Waals surface area contributed by atoms with E-state index in [4.69, 9.17) is 4.74 Å². The summed E-state index contributed by atoms with van der Waals surface area (Å²) in [6.07, 6.45) is 4.95. The maximum atomic E-state index is 12.6. The van der Waals surface area contributed by atoms with Crippen LogP contribution in [0.25, 0.3) is 16.9 Å². The average Bonchev–Trinajstić information content (AvgIpc) is 3.02. The number of aryl methyl sites for hydroxylation is 1. The van der Waals surface area contributed by atoms with E-state index in [9.17, 15) is 4.79 Å². The first kappa shape index (κ1) is 17.6. The molecule has 3 aromatic heterocycles. The maximum absolute atomic E-state index is 12.6. The number of carbonyl (C=O) groups excluding carboxylic acids is 1. The molecule has 4 heterocycles. The van der Waals surface area contributed by atoms with Crippen LogP contribution in [0.3, 0.4) is 0 Å². The molecule has 7 heteroatoms. The van der Waals surface area contributed by atoms with Crippen molar-refractivity contribution in [1.82, 2.24) is 19.6 Å². The van der Waals surface area contributed by atoms with Gasteiger partial charge in [-0.1, -0.05) is 0 Å². The molecule has 1 saturated heterocycles. The highest BCUT2D eigenvalue weighted by Crippen LogP contribution is 2.29. The summed E-state index contributed by atoms with van der Waals surface area (Å²) in [7, 11) is 0. The fraction of sp³-hybridized carbons (Fsp3) is 0.400. The number of rotatable bonds is 3. The number of amides is 1. The molecule has 0 aliphatic carbocycles. The van der Waals surface area contributed by atoms with Gasteiger partial charge in [-0.25, -0.2) is 9.50 Å². The number of anilines is 1. The number of fused-ring (bicyclic) bond motifs is 1. The first-order valence-electron chi connectivity index (χ1n) is 9.14. The van der Waals surface area contributed by atoms with Crippen LogP contribution in [0.2, 0.25) is 0 Å². The highest BCUT2D eigenvalue weighted by molar-refractivity contribution is 5.92. The van der Waals surface area contributed by atoms with Gasteiger partial charge in [0.05, 0.1) is 17.5 Å². The molecule has 27 heavy (non-hydrogen) atoms. The van der Waals surface area contributed by atoms with E-state index < -0.39 is 0 Å². The zero-order valence-electron chi connectivity index (χ0n) is 15.8. The van der Waals surface area contributed by atoms with E-state index in [0.29, 0.717) is 24.5 Å². The molecular weight excluding hydrogens is 342 g/mol. The standard InChI is InChI=1S/C20H23N5O2/c1-13-10-14(6-8-21-13)16-4-5-18-22-17(12-25(18)24-16)23-19(26)15-7-9-27-20(2,3)11-15/h4-6,8,10,12,15H,7,9,11H2,1-3H3,(H,23,26). The van der Waals surface area contributed by atoms with Crippen molar-refractivity contribution >= 4 is 17.4 Å². The molecular formula is C20H23N5O2. The topological polar surface area (TPSA) is 81.4 Å². The monoisotopic (exact) mass is 365 g/mol. The van der Waals surface area contributed by atoms with Crippen LogP contribution in [0, 0.1) is 12.8 Å². The van der Waals surface area contributed by atoms with Gasteiger partial charge in [-0.05, 0) is 57.9 Å². The van der Waals surface area contributed by atoms with E-state index in [2.05, 4.69) is 20.4 Å². The van der Waals surface area contributed by atoms with Crippen LogP contribution in [0.5, 0.6) is 0 Å². The fourth-order valence-electron chi connectivity index (χ4n) is 3.49. The Morgan fingerprint density at radius 2 is 2.19 bits per heavy atom. The van der Waals surface area contributed by atoms with Gasteiger partial charge in [-0.15, -0.1) is 0 Å². The number of carbonyl (C=O) groups is 1. The summed E-state index contributed by atoms with van der Waals surface area (Å²) in [6.45, 7) is 6.59. The second-order valence-corrected chi connectivity index (χ2v) is 7.62. The van der Waals surface area contributed by atoms with Crippen LogP contribution in [-0.4, -0.2) is 37.7 Å². The van der Waals surface area contributed by atoms with Gasteiger partial charge in [0, 0.05) is 30.0 Å². The second-order valence-electron chi connectivity index (χ2n) is 7.62. The average molecular weight is 365 g/mol. The molecule has 1 N–H and O–H groups in total. The fourth-order valence-corrected chi connectivity index (χ4v) is 3.49. The van der Waals surface area contributed by atoms with Crippen LogP contribution in [0.15, 0.2) is 36.7 Å².